The first-order valence-electron chi connectivity index (χ1n) is 10.1. The van der Waals surface area contributed by atoms with Gasteiger partial charge in [-0.05, 0) is 49.7 Å². The summed E-state index contributed by atoms with van der Waals surface area (Å²) in [4.78, 5) is 20.9. The monoisotopic (exact) mass is 426 g/mol. The van der Waals surface area contributed by atoms with Gasteiger partial charge in [-0.2, -0.15) is 0 Å². The van der Waals surface area contributed by atoms with Crippen molar-refractivity contribution in [3.05, 3.63) is 30.1 Å². The second kappa shape index (κ2) is 9.95. The van der Waals surface area contributed by atoms with Crippen LogP contribution in [0.1, 0.15) is 64.2 Å². The van der Waals surface area contributed by atoms with E-state index in [1.165, 1.54) is 12.8 Å². The summed E-state index contributed by atoms with van der Waals surface area (Å²) in [5.41, 5.74) is 1.99. The first-order chi connectivity index (χ1) is 12.6. The Hall–Kier alpha value is -1.30. The number of hydrogen-bond donors (Lipinski definition) is 3. The zero-order chi connectivity index (χ0) is 18.1. The van der Waals surface area contributed by atoms with E-state index in [1.807, 2.05) is 24.3 Å². The molecule has 28 heavy (non-hydrogen) atoms. The summed E-state index contributed by atoms with van der Waals surface area (Å²) in [6.07, 6.45) is 6.47. The third-order valence-corrected chi connectivity index (χ3v) is 6.28. The van der Waals surface area contributed by atoms with Gasteiger partial charge in [0, 0.05) is 18.5 Å². The van der Waals surface area contributed by atoms with Crippen molar-refractivity contribution in [3.63, 3.8) is 0 Å². The molecule has 7 heteroatoms. The normalized spacial score (nSPS) is 25.4. The van der Waals surface area contributed by atoms with Crippen LogP contribution in [-0.2, 0) is 4.79 Å². The number of rotatable bonds is 6. The molecule has 0 radical (unpaired) electrons. The van der Waals surface area contributed by atoms with E-state index in [4.69, 9.17) is 4.98 Å². The van der Waals surface area contributed by atoms with E-state index in [2.05, 4.69) is 29.5 Å². The largest absolute Gasteiger partial charge is 0.346 e. The summed E-state index contributed by atoms with van der Waals surface area (Å²) in [6.45, 7) is 4.35. The molecule has 2 aromatic rings. The molecule has 2 saturated heterocycles. The van der Waals surface area contributed by atoms with E-state index in [1.54, 1.807) is 0 Å². The number of imidazole rings is 1. The Bertz CT molecular complexity index is 736. The number of carbonyl (C=O) groups is 1. The minimum Gasteiger partial charge on any atom is -0.346 e. The molecule has 2 aliphatic rings. The molecule has 3 heterocycles. The highest BCUT2D eigenvalue weighted by atomic mass is 35.5. The molecule has 3 N–H and O–H groups in total. The molecule has 1 aromatic heterocycles. The average Bonchev–Trinajstić information content (AvgIpc) is 3.21. The van der Waals surface area contributed by atoms with E-state index in [0.717, 1.165) is 36.1 Å². The topological polar surface area (TPSA) is 69.8 Å². The van der Waals surface area contributed by atoms with Gasteiger partial charge in [0.25, 0.3) is 0 Å². The highest BCUT2D eigenvalue weighted by Gasteiger charge is 2.34. The van der Waals surface area contributed by atoms with Crippen LogP contribution in [0.3, 0.4) is 0 Å². The maximum absolute atomic E-state index is 12.8. The van der Waals surface area contributed by atoms with Crippen molar-refractivity contribution < 1.29 is 4.79 Å². The van der Waals surface area contributed by atoms with Crippen molar-refractivity contribution in [2.24, 2.45) is 11.8 Å². The first kappa shape index (κ1) is 23.0. The molecule has 4 rings (SSSR count). The van der Waals surface area contributed by atoms with Crippen LogP contribution in [0, 0.1) is 11.8 Å². The minimum absolute atomic E-state index is 0. The SMILES string of the molecule is CCC(C)C(NC(=O)CC1CC2CCC(C1)N2)c1nc2ccccc2[nH]1.Cl.Cl. The molecule has 2 fully saturated rings. The molecule has 0 aliphatic carbocycles. The number of aromatic amines is 1. The molecule has 4 unspecified atom stereocenters. The van der Waals surface area contributed by atoms with Crippen LogP contribution >= 0.6 is 24.8 Å². The van der Waals surface area contributed by atoms with Crippen LogP contribution in [0.15, 0.2) is 24.3 Å². The molecule has 1 amide bonds. The van der Waals surface area contributed by atoms with Gasteiger partial charge in [0.1, 0.15) is 5.82 Å². The van der Waals surface area contributed by atoms with Gasteiger partial charge in [0.2, 0.25) is 5.91 Å². The predicted octanol–water partition coefficient (Wildman–Crippen LogP) is 4.53. The number of benzene rings is 1. The number of fused-ring (bicyclic) bond motifs is 3. The van der Waals surface area contributed by atoms with Gasteiger partial charge in [-0.15, -0.1) is 24.8 Å². The van der Waals surface area contributed by atoms with Gasteiger partial charge >= 0.3 is 0 Å². The van der Waals surface area contributed by atoms with E-state index in [-0.39, 0.29) is 36.8 Å². The van der Waals surface area contributed by atoms with E-state index in [9.17, 15) is 4.79 Å². The number of hydrogen-bond acceptors (Lipinski definition) is 3. The summed E-state index contributed by atoms with van der Waals surface area (Å²) in [6, 6.07) is 9.25. The molecule has 0 spiro atoms. The van der Waals surface area contributed by atoms with E-state index in [0.29, 0.717) is 30.3 Å². The molecule has 0 saturated carbocycles. The Labute approximate surface area is 179 Å². The number of piperidine rings is 1. The molecule has 5 nitrogen and oxygen atoms in total. The second-order valence-corrected chi connectivity index (χ2v) is 8.25. The van der Waals surface area contributed by atoms with Gasteiger partial charge < -0.3 is 15.6 Å². The number of aromatic nitrogens is 2. The zero-order valence-corrected chi connectivity index (χ0v) is 18.2. The Morgan fingerprint density at radius 2 is 1.89 bits per heavy atom. The van der Waals surface area contributed by atoms with Crippen LogP contribution < -0.4 is 10.6 Å². The summed E-state index contributed by atoms with van der Waals surface area (Å²) < 4.78 is 0. The number of para-hydroxylation sites is 2. The average molecular weight is 427 g/mol. The first-order valence-corrected chi connectivity index (χ1v) is 10.1. The van der Waals surface area contributed by atoms with Crippen LogP contribution in [0.25, 0.3) is 11.0 Å². The number of amides is 1. The Balaban J connectivity index is 0.00000140. The number of nitrogens with one attached hydrogen (secondary N) is 3. The van der Waals surface area contributed by atoms with E-state index >= 15 is 0 Å². The lowest BCUT2D eigenvalue weighted by Crippen LogP contribution is -2.40. The van der Waals surface area contributed by atoms with E-state index < -0.39 is 0 Å². The molecule has 156 valence electrons. The summed E-state index contributed by atoms with van der Waals surface area (Å²) in [5.74, 6) is 1.90. The molecule has 2 bridgehead atoms. The number of carbonyl (C=O) groups excluding carboxylic acids is 1. The maximum Gasteiger partial charge on any atom is 0.220 e. The quantitative estimate of drug-likeness (QED) is 0.635. The Kier molecular flexibility index (Phi) is 8.17. The van der Waals surface area contributed by atoms with Crippen LogP contribution in [0.5, 0.6) is 0 Å². The van der Waals surface area contributed by atoms with Crippen molar-refractivity contribution in [2.45, 2.75) is 70.5 Å². The van der Waals surface area contributed by atoms with Crippen molar-refractivity contribution in [2.75, 3.05) is 0 Å². The summed E-state index contributed by atoms with van der Waals surface area (Å²) in [7, 11) is 0. The van der Waals surface area contributed by atoms with Crippen molar-refractivity contribution in [1.29, 1.82) is 0 Å². The van der Waals surface area contributed by atoms with Crippen molar-refractivity contribution in [1.82, 2.24) is 20.6 Å². The molecule has 2 aliphatic heterocycles. The molecule has 4 atom stereocenters. The molecule has 1 aromatic carbocycles. The summed E-state index contributed by atoms with van der Waals surface area (Å²) in [5, 5.41) is 6.94. The number of H-pyrrole nitrogens is 1. The lowest BCUT2D eigenvalue weighted by molar-refractivity contribution is -0.123. The van der Waals surface area contributed by atoms with Crippen LogP contribution in [-0.4, -0.2) is 28.0 Å². The number of halogens is 2. The van der Waals surface area contributed by atoms with Gasteiger partial charge in [-0.3, -0.25) is 4.79 Å². The predicted molar refractivity (Wildman–Crippen MR) is 118 cm³/mol. The lowest BCUT2D eigenvalue weighted by atomic mass is 9.89. The fourth-order valence-electron chi connectivity index (χ4n) is 4.67. The smallest absolute Gasteiger partial charge is 0.220 e. The number of nitrogens with zero attached hydrogens (tertiary/aromatic N) is 1. The fraction of sp³-hybridized carbons (Fsp3) is 0.619. The van der Waals surface area contributed by atoms with Crippen LogP contribution in [0.2, 0.25) is 0 Å². The van der Waals surface area contributed by atoms with Gasteiger partial charge in [-0.25, -0.2) is 4.98 Å². The summed E-state index contributed by atoms with van der Waals surface area (Å²) >= 11 is 0. The Morgan fingerprint density at radius 3 is 2.54 bits per heavy atom. The highest BCUT2D eigenvalue weighted by molar-refractivity contribution is 5.85. The fourth-order valence-corrected chi connectivity index (χ4v) is 4.67. The zero-order valence-electron chi connectivity index (χ0n) is 16.6. The van der Waals surface area contributed by atoms with Gasteiger partial charge in [0.05, 0.1) is 17.1 Å². The van der Waals surface area contributed by atoms with Gasteiger partial charge in [0.15, 0.2) is 0 Å². The standard InChI is InChI=1S/C21H30N4O.2ClH/c1-3-13(2)20(21-23-17-6-4-5-7-18(17)24-21)25-19(26)12-14-10-15-8-9-16(11-14)22-15;;/h4-7,13-16,20,22H,3,8-12H2,1-2H3,(H,23,24)(H,25,26);2*1H. The maximum atomic E-state index is 12.8. The molecular weight excluding hydrogens is 395 g/mol. The molecular formula is C21H32Cl2N4O. The van der Waals surface area contributed by atoms with Gasteiger partial charge in [-0.1, -0.05) is 32.4 Å². The van der Waals surface area contributed by atoms with Crippen LogP contribution in [0.4, 0.5) is 0 Å². The third kappa shape index (κ3) is 5.00. The second-order valence-electron chi connectivity index (χ2n) is 8.25. The third-order valence-electron chi connectivity index (χ3n) is 6.28. The lowest BCUT2D eigenvalue weighted by Gasteiger charge is -2.29. The Morgan fingerprint density at radius 1 is 1.21 bits per heavy atom. The van der Waals surface area contributed by atoms with Crippen molar-refractivity contribution in [3.8, 4) is 0 Å². The minimum atomic E-state index is -0.0571. The van der Waals surface area contributed by atoms with Crippen molar-refractivity contribution >= 4 is 41.8 Å². The highest BCUT2D eigenvalue weighted by Crippen LogP contribution is 2.33.